The molecule has 0 aromatic heterocycles. The zero-order valence-electron chi connectivity index (χ0n) is 18.2. The molecule has 0 saturated heterocycles. The number of hydrogen-bond donors (Lipinski definition) is 1. The lowest BCUT2D eigenvalue weighted by Crippen LogP contribution is -2.51. The minimum atomic E-state index is -0.168. The molecule has 3 fully saturated rings. The highest BCUT2D eigenvalue weighted by atomic mass is 16.5. The molecule has 0 aromatic carbocycles. The molecule has 4 rings (SSSR count). The second-order valence-electron chi connectivity index (χ2n) is 10.4. The Labute approximate surface area is 174 Å². The molecule has 0 spiro atoms. The molecule has 3 saturated carbocycles. The average Bonchev–Trinajstić information content (AvgIpc) is 3.03. The predicted molar refractivity (Wildman–Crippen MR) is 112 cm³/mol. The van der Waals surface area contributed by atoms with Gasteiger partial charge in [-0.3, -0.25) is 9.59 Å². The Morgan fingerprint density at radius 1 is 1.17 bits per heavy atom. The van der Waals surface area contributed by atoms with Crippen LogP contribution in [0.4, 0.5) is 0 Å². The van der Waals surface area contributed by atoms with E-state index in [0.717, 1.165) is 44.9 Å². The summed E-state index contributed by atoms with van der Waals surface area (Å²) in [6, 6.07) is 0. The monoisotopic (exact) mass is 400 g/mol. The van der Waals surface area contributed by atoms with Crippen molar-refractivity contribution in [2.24, 2.45) is 34.5 Å². The summed E-state index contributed by atoms with van der Waals surface area (Å²) in [6.07, 6.45) is 14.2. The number of carbonyl (C=O) groups excluding carboxylic acids is 2. The molecule has 7 atom stereocenters. The van der Waals surface area contributed by atoms with Gasteiger partial charge in [-0.1, -0.05) is 31.6 Å². The molecule has 0 unspecified atom stereocenters. The van der Waals surface area contributed by atoms with Crippen molar-refractivity contribution in [2.75, 3.05) is 6.61 Å². The van der Waals surface area contributed by atoms with Crippen molar-refractivity contribution in [3.63, 3.8) is 0 Å². The van der Waals surface area contributed by atoms with Gasteiger partial charge in [0.2, 0.25) is 0 Å². The van der Waals surface area contributed by atoms with Crippen LogP contribution >= 0.6 is 0 Å². The van der Waals surface area contributed by atoms with Gasteiger partial charge >= 0.3 is 5.97 Å². The van der Waals surface area contributed by atoms with E-state index in [1.807, 2.05) is 0 Å². The van der Waals surface area contributed by atoms with Crippen molar-refractivity contribution >= 4 is 11.8 Å². The summed E-state index contributed by atoms with van der Waals surface area (Å²) < 4.78 is 5.54. The molecule has 4 aliphatic carbocycles. The molecule has 0 radical (unpaired) electrons. The maximum absolute atomic E-state index is 12.8. The maximum Gasteiger partial charge on any atom is 0.302 e. The number of carbonyl (C=O) groups is 2. The van der Waals surface area contributed by atoms with Crippen LogP contribution < -0.4 is 0 Å². The average molecular weight is 401 g/mol. The van der Waals surface area contributed by atoms with Crippen LogP contribution in [0.3, 0.4) is 0 Å². The zero-order chi connectivity index (χ0) is 20.8. The summed E-state index contributed by atoms with van der Waals surface area (Å²) >= 11 is 0. The Morgan fingerprint density at radius 2 is 1.97 bits per heavy atom. The summed E-state index contributed by atoms with van der Waals surface area (Å²) in [5.74, 6) is 2.10. The highest BCUT2D eigenvalue weighted by Gasteiger charge is 2.59. The zero-order valence-corrected chi connectivity index (χ0v) is 18.2. The largest absolute Gasteiger partial charge is 0.462 e. The molecule has 29 heavy (non-hydrogen) atoms. The fourth-order valence-corrected chi connectivity index (χ4v) is 7.72. The Hall–Kier alpha value is -1.42. The number of aliphatic hydroxyl groups excluding tert-OH is 1. The van der Waals surface area contributed by atoms with Crippen LogP contribution in [0, 0.1) is 34.5 Å². The molecule has 0 heterocycles. The van der Waals surface area contributed by atoms with Crippen molar-refractivity contribution in [3.8, 4) is 0 Å². The third kappa shape index (κ3) is 3.41. The highest BCUT2D eigenvalue weighted by molar-refractivity contribution is 5.92. The van der Waals surface area contributed by atoms with E-state index >= 15 is 0 Å². The first-order valence-electron chi connectivity index (χ1n) is 11.5. The van der Waals surface area contributed by atoms with E-state index in [-0.39, 0.29) is 41.2 Å². The number of hydrogen-bond acceptors (Lipinski definition) is 4. The number of ether oxygens (including phenoxy) is 1. The Kier molecular flexibility index (Phi) is 5.52. The molecule has 0 aromatic rings. The van der Waals surface area contributed by atoms with Gasteiger partial charge in [-0.25, -0.2) is 0 Å². The molecule has 0 bridgehead atoms. The van der Waals surface area contributed by atoms with Crippen LogP contribution in [0.25, 0.3) is 0 Å². The van der Waals surface area contributed by atoms with Crippen LogP contribution in [-0.4, -0.2) is 29.6 Å². The normalized spacial score (nSPS) is 43.9. The second-order valence-corrected chi connectivity index (χ2v) is 10.4. The molecule has 0 aliphatic heterocycles. The van der Waals surface area contributed by atoms with Crippen molar-refractivity contribution in [1.82, 2.24) is 0 Å². The Morgan fingerprint density at radius 3 is 2.69 bits per heavy atom. The van der Waals surface area contributed by atoms with E-state index in [1.54, 1.807) is 12.2 Å². The van der Waals surface area contributed by atoms with Crippen LogP contribution in [0.15, 0.2) is 23.8 Å². The van der Waals surface area contributed by atoms with Gasteiger partial charge in [-0.2, -0.15) is 0 Å². The number of ketones is 1. The van der Waals surface area contributed by atoms with Crippen molar-refractivity contribution in [3.05, 3.63) is 23.8 Å². The van der Waals surface area contributed by atoms with E-state index < -0.39 is 0 Å². The molecule has 1 N–H and O–H groups in total. The lowest BCUT2D eigenvalue weighted by molar-refractivity contribution is -0.149. The topological polar surface area (TPSA) is 63.6 Å². The smallest absolute Gasteiger partial charge is 0.302 e. The number of fused-ring (bicyclic) bond motifs is 5. The first-order chi connectivity index (χ1) is 13.8. The van der Waals surface area contributed by atoms with E-state index in [2.05, 4.69) is 19.9 Å². The molecule has 160 valence electrons. The van der Waals surface area contributed by atoms with Crippen molar-refractivity contribution in [2.45, 2.75) is 78.2 Å². The first-order valence-corrected chi connectivity index (χ1v) is 11.5. The molecule has 4 nitrogen and oxygen atoms in total. The summed E-state index contributed by atoms with van der Waals surface area (Å²) in [5, 5.41) is 9.04. The fourth-order valence-electron chi connectivity index (χ4n) is 7.72. The van der Waals surface area contributed by atoms with Gasteiger partial charge in [0.05, 0.1) is 6.61 Å². The van der Waals surface area contributed by atoms with Gasteiger partial charge in [0.15, 0.2) is 5.78 Å². The van der Waals surface area contributed by atoms with Crippen LogP contribution in [-0.2, 0) is 14.3 Å². The molecule has 0 amide bonds. The van der Waals surface area contributed by atoms with E-state index in [9.17, 15) is 9.59 Å². The molecule has 4 heteroatoms. The van der Waals surface area contributed by atoms with Gasteiger partial charge in [0.1, 0.15) is 6.10 Å². The SMILES string of the molecule is CC(=O)O[C@H]1CC[C@@]2(C)C(=CC[C@H]3[C@@H]4CC[C@H](C(=O)/C=C/CO)[C@@]4(C)CC[C@@H]32)C1. The van der Waals surface area contributed by atoms with E-state index in [4.69, 9.17) is 9.84 Å². The van der Waals surface area contributed by atoms with Gasteiger partial charge in [-0.05, 0) is 79.6 Å². The number of allylic oxidation sites excluding steroid dienone is 2. The van der Waals surface area contributed by atoms with E-state index in [0.29, 0.717) is 17.8 Å². The summed E-state index contributed by atoms with van der Waals surface area (Å²) in [4.78, 5) is 24.2. The standard InChI is InChI=1S/C25H36O4/c1-16(27)29-18-10-12-24(2)17(15-18)6-7-19-20-8-9-22(23(28)5-4-14-26)25(20,3)13-11-21(19)24/h4-6,18-22,26H,7-15H2,1-3H3/b5-4+/t18-,19-,20-,21-,22+,24-,25-/m0/s1. The third-order valence-corrected chi connectivity index (χ3v) is 9.12. The number of rotatable bonds is 4. The van der Waals surface area contributed by atoms with Gasteiger partial charge in [0, 0.05) is 19.3 Å². The van der Waals surface area contributed by atoms with Gasteiger partial charge in [0.25, 0.3) is 0 Å². The number of aliphatic hydroxyl groups is 1. The molecular formula is C25H36O4. The second kappa shape index (κ2) is 7.68. The maximum atomic E-state index is 12.8. The van der Waals surface area contributed by atoms with Crippen LogP contribution in [0.5, 0.6) is 0 Å². The first kappa shape index (κ1) is 20.8. The van der Waals surface area contributed by atoms with Gasteiger partial charge in [-0.15, -0.1) is 0 Å². The third-order valence-electron chi connectivity index (χ3n) is 9.12. The fraction of sp³-hybridized carbons (Fsp3) is 0.760. The van der Waals surface area contributed by atoms with Crippen molar-refractivity contribution in [1.29, 1.82) is 0 Å². The quantitative estimate of drug-likeness (QED) is 0.425. The summed E-state index contributed by atoms with van der Waals surface area (Å²) in [7, 11) is 0. The van der Waals surface area contributed by atoms with Crippen LogP contribution in [0.1, 0.15) is 72.1 Å². The lowest BCUT2D eigenvalue weighted by Gasteiger charge is -2.58. The highest BCUT2D eigenvalue weighted by Crippen LogP contribution is 2.66. The summed E-state index contributed by atoms with van der Waals surface area (Å²) in [6.45, 7) is 6.25. The Balaban J connectivity index is 1.55. The Bertz CT molecular complexity index is 737. The molecular weight excluding hydrogens is 364 g/mol. The molecule has 4 aliphatic rings. The van der Waals surface area contributed by atoms with Crippen LogP contribution in [0.2, 0.25) is 0 Å². The van der Waals surface area contributed by atoms with E-state index in [1.165, 1.54) is 18.9 Å². The number of esters is 1. The predicted octanol–water partition coefficient (Wildman–Crippen LogP) is 4.61. The minimum Gasteiger partial charge on any atom is -0.462 e. The van der Waals surface area contributed by atoms with Crippen molar-refractivity contribution < 1.29 is 19.4 Å². The van der Waals surface area contributed by atoms with Gasteiger partial charge < -0.3 is 9.84 Å². The lowest BCUT2D eigenvalue weighted by atomic mass is 9.47. The summed E-state index contributed by atoms with van der Waals surface area (Å²) in [5.41, 5.74) is 1.82. The minimum absolute atomic E-state index is 0.0454.